The number of thiophene rings is 1. The molecule has 1 heterocycles. The molecule has 1 N–H and O–H groups in total. The van der Waals surface area contributed by atoms with Crippen LogP contribution < -0.4 is 5.32 Å². The second-order valence-corrected chi connectivity index (χ2v) is 7.20. The van der Waals surface area contributed by atoms with E-state index >= 15 is 0 Å². The summed E-state index contributed by atoms with van der Waals surface area (Å²) in [4.78, 5) is 12.8. The van der Waals surface area contributed by atoms with E-state index in [1.165, 1.54) is 24.2 Å². The average molecular weight is 367 g/mol. The van der Waals surface area contributed by atoms with Crippen molar-refractivity contribution in [3.63, 3.8) is 0 Å². The number of amides is 1. The van der Waals surface area contributed by atoms with Crippen LogP contribution >= 0.6 is 43.2 Å². The van der Waals surface area contributed by atoms with Crippen molar-refractivity contribution >= 4 is 49.1 Å². The van der Waals surface area contributed by atoms with Gasteiger partial charge in [-0.2, -0.15) is 0 Å². The van der Waals surface area contributed by atoms with Gasteiger partial charge in [0.05, 0.1) is 14.2 Å². The number of carbonyl (C=O) groups is 1. The quantitative estimate of drug-likeness (QED) is 0.806. The summed E-state index contributed by atoms with van der Waals surface area (Å²) in [5.74, 6) is 0.0528. The fourth-order valence-corrected chi connectivity index (χ4v) is 4.06. The van der Waals surface area contributed by atoms with Crippen molar-refractivity contribution in [2.75, 3.05) is 5.33 Å². The molecule has 0 radical (unpaired) electrons. The summed E-state index contributed by atoms with van der Waals surface area (Å²) in [5, 5.41) is 4.02. The van der Waals surface area contributed by atoms with Gasteiger partial charge < -0.3 is 5.32 Å². The van der Waals surface area contributed by atoms with E-state index < -0.39 is 0 Å². The van der Waals surface area contributed by atoms with E-state index in [1.807, 2.05) is 12.1 Å². The molecular formula is C11H13Br2NOS. The molecular weight excluding hydrogens is 354 g/mol. The first-order chi connectivity index (χ1) is 7.65. The minimum absolute atomic E-state index is 0.0203. The Kier molecular flexibility index (Phi) is 4.08. The molecule has 5 heteroatoms. The highest BCUT2D eigenvalue weighted by Gasteiger charge is 2.34. The molecule has 2 rings (SSSR count). The molecule has 1 aromatic heterocycles. The minimum atomic E-state index is -0.0203. The summed E-state index contributed by atoms with van der Waals surface area (Å²) >= 11 is 8.37. The topological polar surface area (TPSA) is 29.1 Å². The molecule has 1 aromatic rings. The van der Waals surface area contributed by atoms with Crippen LogP contribution in [0.2, 0.25) is 0 Å². The second-order valence-electron chi connectivity index (χ2n) is 4.18. The summed E-state index contributed by atoms with van der Waals surface area (Å²) in [6.07, 6.45) is 4.58. The second kappa shape index (κ2) is 5.19. The Morgan fingerprint density at radius 1 is 1.44 bits per heavy atom. The number of rotatable bonds is 3. The van der Waals surface area contributed by atoms with Crippen LogP contribution in [0.5, 0.6) is 0 Å². The Labute approximate surface area is 116 Å². The summed E-state index contributed by atoms with van der Waals surface area (Å²) < 4.78 is 0.997. The number of carbonyl (C=O) groups excluding carboxylic acids is 1. The van der Waals surface area contributed by atoms with Crippen LogP contribution in [-0.2, 0) is 0 Å². The number of alkyl halides is 1. The fourth-order valence-electron chi connectivity index (χ4n) is 2.08. The largest absolute Gasteiger partial charge is 0.345 e. The average Bonchev–Trinajstić information content (AvgIpc) is 2.88. The molecule has 0 aromatic carbocycles. The maximum absolute atomic E-state index is 12.0. The van der Waals surface area contributed by atoms with E-state index in [2.05, 4.69) is 37.2 Å². The highest BCUT2D eigenvalue weighted by Crippen LogP contribution is 2.32. The van der Waals surface area contributed by atoms with Crippen LogP contribution in [0.3, 0.4) is 0 Å². The van der Waals surface area contributed by atoms with Gasteiger partial charge in [-0.3, -0.25) is 4.79 Å². The van der Waals surface area contributed by atoms with Crippen molar-refractivity contribution in [1.82, 2.24) is 5.32 Å². The summed E-state index contributed by atoms with van der Waals surface area (Å²) in [5.41, 5.74) is -0.0203. The highest BCUT2D eigenvalue weighted by atomic mass is 79.9. The lowest BCUT2D eigenvalue weighted by Gasteiger charge is -2.27. The molecule has 0 aliphatic heterocycles. The van der Waals surface area contributed by atoms with Crippen LogP contribution in [0.4, 0.5) is 0 Å². The number of hydrogen-bond donors (Lipinski definition) is 1. The SMILES string of the molecule is O=C(NC1(CBr)CCCC1)c1ccc(Br)s1. The molecule has 2 nitrogen and oxygen atoms in total. The van der Waals surface area contributed by atoms with Crippen molar-refractivity contribution in [1.29, 1.82) is 0 Å². The molecule has 0 unspecified atom stereocenters. The van der Waals surface area contributed by atoms with E-state index in [9.17, 15) is 4.79 Å². The molecule has 1 saturated carbocycles. The molecule has 16 heavy (non-hydrogen) atoms. The minimum Gasteiger partial charge on any atom is -0.345 e. The van der Waals surface area contributed by atoms with Crippen LogP contribution in [0.1, 0.15) is 35.4 Å². The predicted octanol–water partition coefficient (Wildman–Crippen LogP) is 3.95. The van der Waals surface area contributed by atoms with Gasteiger partial charge in [-0.1, -0.05) is 28.8 Å². The third kappa shape index (κ3) is 2.68. The van der Waals surface area contributed by atoms with Gasteiger partial charge >= 0.3 is 0 Å². The third-order valence-corrected chi connectivity index (χ3v) is 5.69. The molecule has 0 atom stereocenters. The Morgan fingerprint density at radius 3 is 2.62 bits per heavy atom. The predicted molar refractivity (Wildman–Crippen MR) is 74.5 cm³/mol. The smallest absolute Gasteiger partial charge is 0.261 e. The molecule has 0 saturated heterocycles. The Hall–Kier alpha value is 0.130. The van der Waals surface area contributed by atoms with Gasteiger partial charge in [0.25, 0.3) is 5.91 Å². The van der Waals surface area contributed by atoms with Crippen molar-refractivity contribution in [2.45, 2.75) is 31.2 Å². The van der Waals surface area contributed by atoms with Gasteiger partial charge in [0, 0.05) is 5.33 Å². The van der Waals surface area contributed by atoms with Crippen LogP contribution in [0, 0.1) is 0 Å². The normalized spacial score (nSPS) is 18.6. The Balaban J connectivity index is 2.06. The molecule has 88 valence electrons. The number of hydrogen-bond acceptors (Lipinski definition) is 2. The van der Waals surface area contributed by atoms with E-state index in [0.717, 1.165) is 26.8 Å². The monoisotopic (exact) mass is 365 g/mol. The van der Waals surface area contributed by atoms with Crippen molar-refractivity contribution < 1.29 is 4.79 Å². The zero-order valence-electron chi connectivity index (χ0n) is 8.76. The molecule has 1 fully saturated rings. The van der Waals surface area contributed by atoms with E-state index in [-0.39, 0.29) is 11.4 Å². The number of halogens is 2. The molecule has 1 amide bonds. The standard InChI is InChI=1S/C11H13Br2NOS/c12-7-11(5-1-2-6-11)14-10(15)8-3-4-9(13)16-8/h3-4H,1-2,5-7H2,(H,14,15). The van der Waals surface area contributed by atoms with E-state index in [0.29, 0.717) is 0 Å². The lowest BCUT2D eigenvalue weighted by molar-refractivity contribution is 0.0914. The Bertz CT molecular complexity index is 385. The summed E-state index contributed by atoms with van der Waals surface area (Å²) in [6, 6.07) is 3.77. The zero-order chi connectivity index (χ0) is 11.6. The van der Waals surface area contributed by atoms with Crippen LogP contribution in [0.25, 0.3) is 0 Å². The summed E-state index contributed by atoms with van der Waals surface area (Å²) in [7, 11) is 0. The molecule has 1 aliphatic carbocycles. The van der Waals surface area contributed by atoms with Gasteiger partial charge in [0.15, 0.2) is 0 Å². The lowest BCUT2D eigenvalue weighted by atomic mass is 10.0. The van der Waals surface area contributed by atoms with Gasteiger partial charge in [-0.15, -0.1) is 11.3 Å². The van der Waals surface area contributed by atoms with Crippen LogP contribution in [-0.4, -0.2) is 16.8 Å². The van der Waals surface area contributed by atoms with Crippen molar-refractivity contribution in [3.8, 4) is 0 Å². The first kappa shape index (κ1) is 12.6. The molecule has 1 aliphatic rings. The first-order valence-corrected chi connectivity index (χ1v) is 8.02. The van der Waals surface area contributed by atoms with E-state index in [1.54, 1.807) is 0 Å². The zero-order valence-corrected chi connectivity index (χ0v) is 12.8. The van der Waals surface area contributed by atoms with Crippen molar-refractivity contribution in [2.24, 2.45) is 0 Å². The van der Waals surface area contributed by atoms with Crippen LogP contribution in [0.15, 0.2) is 15.9 Å². The van der Waals surface area contributed by atoms with E-state index in [4.69, 9.17) is 0 Å². The number of nitrogens with one attached hydrogen (secondary N) is 1. The lowest BCUT2D eigenvalue weighted by Crippen LogP contribution is -2.47. The third-order valence-electron chi connectivity index (χ3n) is 2.99. The molecule has 0 bridgehead atoms. The van der Waals surface area contributed by atoms with Gasteiger partial charge in [0.1, 0.15) is 0 Å². The summed E-state index contributed by atoms with van der Waals surface area (Å²) in [6.45, 7) is 0. The maximum atomic E-state index is 12.0. The molecule has 0 spiro atoms. The van der Waals surface area contributed by atoms with Crippen molar-refractivity contribution in [3.05, 3.63) is 20.8 Å². The highest BCUT2D eigenvalue weighted by molar-refractivity contribution is 9.11. The first-order valence-electron chi connectivity index (χ1n) is 5.29. The Morgan fingerprint density at radius 2 is 2.12 bits per heavy atom. The maximum Gasteiger partial charge on any atom is 0.261 e. The fraction of sp³-hybridized carbons (Fsp3) is 0.545. The van der Waals surface area contributed by atoms with Gasteiger partial charge in [-0.05, 0) is 40.9 Å². The van der Waals surface area contributed by atoms with Gasteiger partial charge in [-0.25, -0.2) is 0 Å². The van der Waals surface area contributed by atoms with Gasteiger partial charge in [0.2, 0.25) is 0 Å².